The molecule has 140 valence electrons. The summed E-state index contributed by atoms with van der Waals surface area (Å²) in [5, 5.41) is 3.95. The first-order chi connectivity index (χ1) is 12.6. The number of carbonyl (C=O) groups excluding carboxylic acids is 1. The van der Waals surface area contributed by atoms with Gasteiger partial charge in [-0.3, -0.25) is 4.79 Å². The van der Waals surface area contributed by atoms with E-state index < -0.39 is 0 Å². The van der Waals surface area contributed by atoms with E-state index in [0.29, 0.717) is 32.5 Å². The average Bonchev–Trinajstić information content (AvgIpc) is 2.98. The second-order valence-corrected chi connectivity index (χ2v) is 6.69. The lowest BCUT2D eigenvalue weighted by Gasteiger charge is -2.33. The zero-order valence-electron chi connectivity index (χ0n) is 15.7. The van der Waals surface area contributed by atoms with Gasteiger partial charge in [-0.1, -0.05) is 17.3 Å². The fraction of sp³-hybridized carbons (Fsp3) is 0.500. The number of hydrogen-bond acceptors (Lipinski definition) is 5. The van der Waals surface area contributed by atoms with Crippen LogP contribution in [0.4, 0.5) is 0 Å². The lowest BCUT2D eigenvalue weighted by molar-refractivity contribution is -0.138. The summed E-state index contributed by atoms with van der Waals surface area (Å²) in [6.45, 7) is 5.65. The van der Waals surface area contributed by atoms with Crippen molar-refractivity contribution in [3.05, 3.63) is 46.8 Å². The van der Waals surface area contributed by atoms with Crippen molar-refractivity contribution < 1.29 is 18.8 Å². The molecule has 0 spiro atoms. The number of aryl methyl sites for hydroxylation is 2. The maximum absolute atomic E-state index is 12.6. The van der Waals surface area contributed by atoms with E-state index in [4.69, 9.17) is 14.0 Å². The van der Waals surface area contributed by atoms with Gasteiger partial charge < -0.3 is 18.9 Å². The van der Waals surface area contributed by atoms with Gasteiger partial charge in [-0.15, -0.1) is 0 Å². The molecule has 1 atom stereocenters. The van der Waals surface area contributed by atoms with Crippen LogP contribution in [0.1, 0.15) is 29.0 Å². The first-order valence-electron chi connectivity index (χ1n) is 9.01. The van der Waals surface area contributed by atoms with Gasteiger partial charge in [-0.2, -0.15) is 0 Å². The van der Waals surface area contributed by atoms with Crippen LogP contribution in [-0.4, -0.2) is 48.9 Å². The van der Waals surface area contributed by atoms with Crippen LogP contribution < -0.4 is 4.74 Å². The summed E-state index contributed by atoms with van der Waals surface area (Å²) >= 11 is 0. The highest BCUT2D eigenvalue weighted by Gasteiger charge is 2.25. The zero-order chi connectivity index (χ0) is 18.5. The van der Waals surface area contributed by atoms with Crippen LogP contribution in [0, 0.1) is 13.8 Å². The SMILES string of the molecule is COc1cccc(C[C@H]2CN(C(=O)CCc3c(C)noc3C)CCO2)c1. The topological polar surface area (TPSA) is 64.8 Å². The van der Waals surface area contributed by atoms with Crippen molar-refractivity contribution in [1.82, 2.24) is 10.1 Å². The average molecular weight is 358 g/mol. The van der Waals surface area contributed by atoms with Gasteiger partial charge in [-0.05, 0) is 38.0 Å². The number of morpholine rings is 1. The molecular formula is C20H26N2O4. The second-order valence-electron chi connectivity index (χ2n) is 6.69. The van der Waals surface area contributed by atoms with Gasteiger partial charge in [0.1, 0.15) is 11.5 Å². The number of aromatic nitrogens is 1. The van der Waals surface area contributed by atoms with Crippen LogP contribution in [0.2, 0.25) is 0 Å². The first-order valence-corrected chi connectivity index (χ1v) is 9.01. The molecule has 1 fully saturated rings. The van der Waals surface area contributed by atoms with Crippen molar-refractivity contribution in [1.29, 1.82) is 0 Å². The van der Waals surface area contributed by atoms with E-state index in [-0.39, 0.29) is 12.0 Å². The summed E-state index contributed by atoms with van der Waals surface area (Å²) in [5.41, 5.74) is 3.06. The van der Waals surface area contributed by atoms with Gasteiger partial charge >= 0.3 is 0 Å². The predicted molar refractivity (Wildman–Crippen MR) is 97.3 cm³/mol. The molecule has 2 aromatic rings. The summed E-state index contributed by atoms with van der Waals surface area (Å²) < 4.78 is 16.3. The molecule has 1 aromatic heterocycles. The van der Waals surface area contributed by atoms with Crippen LogP contribution in [0.5, 0.6) is 5.75 Å². The number of amides is 1. The summed E-state index contributed by atoms with van der Waals surface area (Å²) in [6.07, 6.45) is 1.91. The molecule has 1 aliphatic rings. The van der Waals surface area contributed by atoms with Gasteiger partial charge in [0.25, 0.3) is 0 Å². The Labute approximate surface area is 154 Å². The Morgan fingerprint density at radius 1 is 1.38 bits per heavy atom. The molecule has 1 saturated heterocycles. The largest absolute Gasteiger partial charge is 0.497 e. The monoisotopic (exact) mass is 358 g/mol. The molecule has 1 aromatic carbocycles. The molecule has 0 N–H and O–H groups in total. The standard InChI is InChI=1S/C20H26N2O4/c1-14-19(15(2)26-21-14)7-8-20(23)22-9-10-25-18(13-22)12-16-5-4-6-17(11-16)24-3/h4-6,11,18H,7-10,12-13H2,1-3H3/t18-/m0/s1. The van der Waals surface area contributed by atoms with Crippen molar-refractivity contribution in [2.45, 2.75) is 39.2 Å². The van der Waals surface area contributed by atoms with E-state index in [1.54, 1.807) is 7.11 Å². The van der Waals surface area contributed by atoms with Crippen molar-refractivity contribution in [3.63, 3.8) is 0 Å². The van der Waals surface area contributed by atoms with E-state index in [1.807, 2.05) is 36.9 Å². The van der Waals surface area contributed by atoms with Crippen molar-refractivity contribution >= 4 is 5.91 Å². The van der Waals surface area contributed by atoms with Crippen molar-refractivity contribution in [3.8, 4) is 5.75 Å². The number of carbonyl (C=O) groups is 1. The summed E-state index contributed by atoms with van der Waals surface area (Å²) in [6, 6.07) is 7.98. The third-order valence-corrected chi connectivity index (χ3v) is 4.86. The summed E-state index contributed by atoms with van der Waals surface area (Å²) in [5.74, 6) is 1.79. The molecule has 0 saturated carbocycles. The maximum atomic E-state index is 12.6. The minimum Gasteiger partial charge on any atom is -0.497 e. The molecule has 0 unspecified atom stereocenters. The smallest absolute Gasteiger partial charge is 0.223 e. The molecule has 1 aliphatic heterocycles. The third kappa shape index (κ3) is 4.43. The fourth-order valence-corrected chi connectivity index (χ4v) is 3.38. The lowest BCUT2D eigenvalue weighted by atomic mass is 10.0. The highest BCUT2D eigenvalue weighted by molar-refractivity contribution is 5.76. The predicted octanol–water partition coefficient (Wildman–Crippen LogP) is 2.70. The molecule has 6 heteroatoms. The number of rotatable bonds is 6. The Bertz CT molecular complexity index is 737. The van der Waals surface area contributed by atoms with Gasteiger partial charge in [0.05, 0.1) is 25.5 Å². The number of methoxy groups -OCH3 is 1. The summed E-state index contributed by atoms with van der Waals surface area (Å²) in [7, 11) is 1.66. The van der Waals surface area contributed by atoms with Gasteiger partial charge in [-0.25, -0.2) is 0 Å². The van der Waals surface area contributed by atoms with Crippen LogP contribution >= 0.6 is 0 Å². The molecule has 6 nitrogen and oxygen atoms in total. The number of nitrogens with zero attached hydrogens (tertiary/aromatic N) is 2. The molecule has 1 amide bonds. The van der Waals surface area contributed by atoms with Crippen LogP contribution in [0.3, 0.4) is 0 Å². The second kappa shape index (κ2) is 8.36. The number of benzene rings is 1. The molecule has 0 bridgehead atoms. The van der Waals surface area contributed by atoms with E-state index >= 15 is 0 Å². The minimum atomic E-state index is 0.0128. The van der Waals surface area contributed by atoms with Crippen LogP contribution in [-0.2, 0) is 22.4 Å². The Balaban J connectivity index is 1.54. The summed E-state index contributed by atoms with van der Waals surface area (Å²) in [4.78, 5) is 14.5. The molecule has 0 aliphatic carbocycles. The van der Waals surface area contributed by atoms with Crippen molar-refractivity contribution in [2.75, 3.05) is 26.8 Å². The molecule has 0 radical (unpaired) electrons. The highest BCUT2D eigenvalue weighted by atomic mass is 16.5. The maximum Gasteiger partial charge on any atom is 0.223 e. The molecular weight excluding hydrogens is 332 g/mol. The molecule has 26 heavy (non-hydrogen) atoms. The van der Waals surface area contributed by atoms with Gasteiger partial charge in [0, 0.05) is 31.5 Å². The first kappa shape index (κ1) is 18.5. The van der Waals surface area contributed by atoms with Gasteiger partial charge in [0.15, 0.2) is 0 Å². The molecule has 2 heterocycles. The van der Waals surface area contributed by atoms with Gasteiger partial charge in [0.2, 0.25) is 5.91 Å². The normalized spacial score (nSPS) is 17.3. The van der Waals surface area contributed by atoms with E-state index in [0.717, 1.165) is 34.8 Å². The zero-order valence-corrected chi connectivity index (χ0v) is 15.7. The Morgan fingerprint density at radius 2 is 2.23 bits per heavy atom. The minimum absolute atomic E-state index is 0.0128. The van der Waals surface area contributed by atoms with E-state index in [2.05, 4.69) is 11.2 Å². The quantitative estimate of drug-likeness (QED) is 0.794. The number of hydrogen-bond donors (Lipinski definition) is 0. The van der Waals surface area contributed by atoms with E-state index in [9.17, 15) is 4.79 Å². The van der Waals surface area contributed by atoms with E-state index in [1.165, 1.54) is 0 Å². The number of ether oxygens (including phenoxy) is 2. The van der Waals surface area contributed by atoms with Crippen molar-refractivity contribution in [2.24, 2.45) is 0 Å². The fourth-order valence-electron chi connectivity index (χ4n) is 3.38. The Hall–Kier alpha value is -2.34. The lowest BCUT2D eigenvalue weighted by Crippen LogP contribution is -2.46. The highest BCUT2D eigenvalue weighted by Crippen LogP contribution is 2.19. The van der Waals surface area contributed by atoms with Crippen LogP contribution in [0.25, 0.3) is 0 Å². The Kier molecular flexibility index (Phi) is 5.93. The van der Waals surface area contributed by atoms with Crippen LogP contribution in [0.15, 0.2) is 28.8 Å². The molecule has 3 rings (SSSR count). The third-order valence-electron chi connectivity index (χ3n) is 4.86. The Morgan fingerprint density at radius 3 is 2.96 bits per heavy atom.